The smallest absolute Gasteiger partial charge is 0.0214 e. The largest absolute Gasteiger partial charge is 0.316 e. The van der Waals surface area contributed by atoms with Crippen molar-refractivity contribution in [3.05, 3.63) is 71.8 Å². The third-order valence-corrected chi connectivity index (χ3v) is 4.66. The van der Waals surface area contributed by atoms with Gasteiger partial charge in [-0.05, 0) is 36.4 Å². The van der Waals surface area contributed by atoms with Crippen LogP contribution in [-0.4, -0.2) is 13.1 Å². The highest BCUT2D eigenvalue weighted by molar-refractivity contribution is 5.32. The molecule has 0 atom stereocenters. The molecule has 2 aromatic carbocycles. The Morgan fingerprint density at radius 3 is 1.86 bits per heavy atom. The summed E-state index contributed by atoms with van der Waals surface area (Å²) in [7, 11) is 0. The standard InChI is InChI=1S/C20H25N/c1-3-11-18(12-4-1)20(19-13-5-2-6-14-19)16-21-15-17-9-7-8-10-17/h1-6,11-14,17,20-21H,7-10,15-16H2. The van der Waals surface area contributed by atoms with Crippen LogP contribution in [0.25, 0.3) is 0 Å². The SMILES string of the molecule is c1ccc(C(CNCC2CCCC2)c2ccccc2)cc1. The zero-order chi connectivity index (χ0) is 14.3. The molecule has 1 fully saturated rings. The summed E-state index contributed by atoms with van der Waals surface area (Å²) in [5.74, 6) is 1.35. The molecular formula is C20H25N. The van der Waals surface area contributed by atoms with Gasteiger partial charge < -0.3 is 5.32 Å². The van der Waals surface area contributed by atoms with E-state index in [9.17, 15) is 0 Å². The molecule has 0 amide bonds. The van der Waals surface area contributed by atoms with Crippen LogP contribution in [0.2, 0.25) is 0 Å². The van der Waals surface area contributed by atoms with Crippen molar-refractivity contribution in [2.24, 2.45) is 5.92 Å². The molecule has 1 nitrogen and oxygen atoms in total. The molecule has 1 heteroatoms. The van der Waals surface area contributed by atoms with Crippen LogP contribution in [0.1, 0.15) is 42.7 Å². The molecule has 0 heterocycles. The molecule has 0 aromatic heterocycles. The van der Waals surface area contributed by atoms with Gasteiger partial charge in [0.05, 0.1) is 0 Å². The number of hydrogen-bond acceptors (Lipinski definition) is 1. The average Bonchev–Trinajstić information content (AvgIpc) is 3.07. The molecule has 1 aliphatic carbocycles. The third kappa shape index (κ3) is 3.95. The summed E-state index contributed by atoms with van der Waals surface area (Å²) in [6.07, 6.45) is 5.67. The summed E-state index contributed by atoms with van der Waals surface area (Å²) in [5, 5.41) is 3.72. The van der Waals surface area contributed by atoms with Crippen molar-refractivity contribution in [3.8, 4) is 0 Å². The lowest BCUT2D eigenvalue weighted by Gasteiger charge is -2.20. The Balaban J connectivity index is 1.67. The lowest BCUT2D eigenvalue weighted by atomic mass is 9.91. The van der Waals surface area contributed by atoms with Gasteiger partial charge in [-0.25, -0.2) is 0 Å². The van der Waals surface area contributed by atoms with E-state index in [4.69, 9.17) is 0 Å². The molecule has 0 spiro atoms. The van der Waals surface area contributed by atoms with Gasteiger partial charge in [-0.1, -0.05) is 73.5 Å². The molecule has 21 heavy (non-hydrogen) atoms. The van der Waals surface area contributed by atoms with Crippen LogP contribution in [0, 0.1) is 5.92 Å². The molecule has 0 bridgehead atoms. The van der Waals surface area contributed by atoms with Crippen LogP contribution >= 0.6 is 0 Å². The predicted octanol–water partition coefficient (Wildman–Crippen LogP) is 4.60. The summed E-state index contributed by atoms with van der Waals surface area (Å²) < 4.78 is 0. The maximum atomic E-state index is 3.72. The second-order valence-electron chi connectivity index (χ2n) is 6.18. The molecular weight excluding hydrogens is 254 g/mol. The quantitative estimate of drug-likeness (QED) is 0.815. The van der Waals surface area contributed by atoms with Crippen LogP contribution in [0.15, 0.2) is 60.7 Å². The molecule has 3 rings (SSSR count). The van der Waals surface area contributed by atoms with E-state index in [-0.39, 0.29) is 0 Å². The van der Waals surface area contributed by atoms with E-state index < -0.39 is 0 Å². The van der Waals surface area contributed by atoms with Gasteiger partial charge in [0.15, 0.2) is 0 Å². The molecule has 1 saturated carbocycles. The van der Waals surface area contributed by atoms with Crippen LogP contribution in [0.5, 0.6) is 0 Å². The molecule has 1 N–H and O–H groups in total. The Kier molecular flexibility index (Phi) is 5.07. The summed E-state index contributed by atoms with van der Waals surface area (Å²) in [6, 6.07) is 21.7. The van der Waals surface area contributed by atoms with E-state index in [0.717, 1.165) is 12.5 Å². The van der Waals surface area contributed by atoms with Crippen molar-refractivity contribution in [2.75, 3.05) is 13.1 Å². The maximum Gasteiger partial charge on any atom is 0.0214 e. The first-order valence-corrected chi connectivity index (χ1v) is 8.24. The van der Waals surface area contributed by atoms with E-state index >= 15 is 0 Å². The highest BCUT2D eigenvalue weighted by Gasteiger charge is 2.17. The lowest BCUT2D eigenvalue weighted by Crippen LogP contribution is -2.27. The summed E-state index contributed by atoms with van der Waals surface area (Å²) >= 11 is 0. The second kappa shape index (κ2) is 7.42. The first-order chi connectivity index (χ1) is 10.4. The van der Waals surface area contributed by atoms with Gasteiger partial charge in [0, 0.05) is 12.5 Å². The summed E-state index contributed by atoms with van der Waals surface area (Å²) in [5.41, 5.74) is 2.81. The normalized spacial score (nSPS) is 15.7. The van der Waals surface area contributed by atoms with Crippen molar-refractivity contribution in [1.82, 2.24) is 5.32 Å². The monoisotopic (exact) mass is 279 g/mol. The minimum Gasteiger partial charge on any atom is -0.316 e. The third-order valence-electron chi connectivity index (χ3n) is 4.66. The fourth-order valence-corrected chi connectivity index (χ4v) is 3.45. The summed E-state index contributed by atoms with van der Waals surface area (Å²) in [6.45, 7) is 2.21. The van der Waals surface area contributed by atoms with E-state index in [1.165, 1.54) is 43.4 Å². The van der Waals surface area contributed by atoms with Gasteiger partial charge in [-0.2, -0.15) is 0 Å². The Morgan fingerprint density at radius 1 is 0.810 bits per heavy atom. The minimum absolute atomic E-state index is 0.453. The highest BCUT2D eigenvalue weighted by atomic mass is 14.9. The van der Waals surface area contributed by atoms with Crippen molar-refractivity contribution in [2.45, 2.75) is 31.6 Å². The summed E-state index contributed by atoms with van der Waals surface area (Å²) in [4.78, 5) is 0. The molecule has 0 unspecified atom stereocenters. The molecule has 0 saturated heterocycles. The van der Waals surface area contributed by atoms with Crippen LogP contribution in [0.3, 0.4) is 0 Å². The van der Waals surface area contributed by atoms with Crippen molar-refractivity contribution in [1.29, 1.82) is 0 Å². The average molecular weight is 279 g/mol. The Hall–Kier alpha value is -1.60. The van der Waals surface area contributed by atoms with Gasteiger partial charge >= 0.3 is 0 Å². The van der Waals surface area contributed by atoms with E-state index in [2.05, 4.69) is 66.0 Å². The zero-order valence-electron chi connectivity index (χ0n) is 12.7. The fraction of sp³-hybridized carbons (Fsp3) is 0.400. The number of hydrogen-bond donors (Lipinski definition) is 1. The molecule has 0 radical (unpaired) electrons. The Bertz CT molecular complexity index is 475. The first kappa shape index (κ1) is 14.3. The van der Waals surface area contributed by atoms with Gasteiger partial charge in [-0.15, -0.1) is 0 Å². The van der Waals surface area contributed by atoms with Gasteiger partial charge in [0.25, 0.3) is 0 Å². The van der Waals surface area contributed by atoms with Crippen LogP contribution < -0.4 is 5.32 Å². The predicted molar refractivity (Wildman–Crippen MR) is 89.6 cm³/mol. The molecule has 110 valence electrons. The van der Waals surface area contributed by atoms with Gasteiger partial charge in [0.1, 0.15) is 0 Å². The molecule has 2 aromatic rings. The first-order valence-electron chi connectivity index (χ1n) is 8.24. The lowest BCUT2D eigenvalue weighted by molar-refractivity contribution is 0.482. The topological polar surface area (TPSA) is 12.0 Å². The van der Waals surface area contributed by atoms with Crippen molar-refractivity contribution < 1.29 is 0 Å². The van der Waals surface area contributed by atoms with Crippen LogP contribution in [-0.2, 0) is 0 Å². The van der Waals surface area contributed by atoms with E-state index in [1.54, 1.807) is 0 Å². The van der Waals surface area contributed by atoms with E-state index in [0.29, 0.717) is 5.92 Å². The zero-order valence-corrected chi connectivity index (χ0v) is 12.7. The maximum absolute atomic E-state index is 3.72. The Labute approximate surface area is 128 Å². The Morgan fingerprint density at radius 2 is 1.33 bits per heavy atom. The van der Waals surface area contributed by atoms with E-state index in [1.807, 2.05) is 0 Å². The molecule has 1 aliphatic rings. The minimum atomic E-state index is 0.453. The second-order valence-corrected chi connectivity index (χ2v) is 6.18. The fourth-order valence-electron chi connectivity index (χ4n) is 3.45. The van der Waals surface area contributed by atoms with Crippen LogP contribution in [0.4, 0.5) is 0 Å². The van der Waals surface area contributed by atoms with Gasteiger partial charge in [-0.3, -0.25) is 0 Å². The van der Waals surface area contributed by atoms with Crippen molar-refractivity contribution in [3.63, 3.8) is 0 Å². The molecule has 0 aliphatic heterocycles. The highest BCUT2D eigenvalue weighted by Crippen LogP contribution is 2.26. The number of nitrogens with one attached hydrogen (secondary N) is 1. The van der Waals surface area contributed by atoms with Crippen molar-refractivity contribution >= 4 is 0 Å². The number of rotatable bonds is 6. The number of benzene rings is 2. The van der Waals surface area contributed by atoms with Gasteiger partial charge in [0.2, 0.25) is 0 Å².